The number of thiophene rings is 1. The average molecular weight is 418 g/mol. The second-order valence-corrected chi connectivity index (χ2v) is 11.2. The molecule has 7 heteroatoms. The molecule has 1 aromatic heterocycles. The van der Waals surface area contributed by atoms with Crippen molar-refractivity contribution < 1.29 is 18.0 Å². The summed E-state index contributed by atoms with van der Waals surface area (Å²) in [6.07, 6.45) is 3.10. The molecule has 2 atom stereocenters. The Hall–Kier alpha value is -1.99. The number of anilines is 1. The molecule has 0 radical (unpaired) electrons. The maximum absolute atomic E-state index is 13.2. The first-order valence-electron chi connectivity index (χ1n) is 9.59. The van der Waals surface area contributed by atoms with E-state index in [1.807, 2.05) is 18.2 Å². The van der Waals surface area contributed by atoms with E-state index in [9.17, 15) is 18.0 Å². The number of amides is 1. The first-order valence-corrected chi connectivity index (χ1v) is 12.2. The van der Waals surface area contributed by atoms with Crippen molar-refractivity contribution in [2.45, 2.75) is 32.6 Å². The molecule has 0 bridgehead atoms. The zero-order chi connectivity index (χ0) is 19.9. The van der Waals surface area contributed by atoms with Crippen LogP contribution >= 0.6 is 11.3 Å². The SMILES string of the molecule is C[C@@H]1CCc2c(sc(NC(=O)[C@@H]3CCS(=O)(=O)C3)c2C(=O)c2ccccc2)C1. The van der Waals surface area contributed by atoms with Gasteiger partial charge in [-0.25, -0.2) is 8.42 Å². The van der Waals surface area contributed by atoms with E-state index in [-0.39, 0.29) is 23.2 Å². The lowest BCUT2D eigenvalue weighted by molar-refractivity contribution is -0.119. The van der Waals surface area contributed by atoms with Gasteiger partial charge in [-0.05, 0) is 37.2 Å². The van der Waals surface area contributed by atoms with Gasteiger partial charge in [0.1, 0.15) is 5.00 Å². The molecule has 1 aromatic carbocycles. The van der Waals surface area contributed by atoms with Crippen molar-refractivity contribution in [2.24, 2.45) is 11.8 Å². The molecule has 0 saturated carbocycles. The van der Waals surface area contributed by atoms with Crippen molar-refractivity contribution in [3.05, 3.63) is 51.9 Å². The lowest BCUT2D eigenvalue weighted by Gasteiger charge is -2.18. The summed E-state index contributed by atoms with van der Waals surface area (Å²) < 4.78 is 23.4. The number of rotatable bonds is 4. The summed E-state index contributed by atoms with van der Waals surface area (Å²) in [7, 11) is -3.14. The first kappa shape index (κ1) is 19.3. The highest BCUT2D eigenvalue weighted by atomic mass is 32.2. The van der Waals surface area contributed by atoms with E-state index in [1.54, 1.807) is 12.1 Å². The van der Waals surface area contributed by atoms with Gasteiger partial charge in [-0.2, -0.15) is 0 Å². The largest absolute Gasteiger partial charge is 0.317 e. The number of ketones is 1. The van der Waals surface area contributed by atoms with Gasteiger partial charge < -0.3 is 5.32 Å². The van der Waals surface area contributed by atoms with Gasteiger partial charge in [-0.1, -0.05) is 37.3 Å². The molecule has 2 aromatic rings. The highest BCUT2D eigenvalue weighted by Gasteiger charge is 2.35. The van der Waals surface area contributed by atoms with Crippen molar-refractivity contribution in [1.29, 1.82) is 0 Å². The summed E-state index contributed by atoms with van der Waals surface area (Å²) in [5.74, 6) is -0.420. The second kappa shape index (κ2) is 7.44. The highest BCUT2D eigenvalue weighted by Crippen LogP contribution is 2.41. The monoisotopic (exact) mass is 417 g/mol. The topological polar surface area (TPSA) is 80.3 Å². The molecule has 2 heterocycles. The lowest BCUT2D eigenvalue weighted by atomic mass is 9.86. The molecule has 0 unspecified atom stereocenters. The zero-order valence-corrected chi connectivity index (χ0v) is 17.4. The fourth-order valence-corrected chi connectivity index (χ4v) is 7.18. The van der Waals surface area contributed by atoms with Gasteiger partial charge in [0.2, 0.25) is 5.91 Å². The number of nitrogens with one attached hydrogen (secondary N) is 1. The number of carbonyl (C=O) groups excluding carboxylic acids is 2. The van der Waals surface area contributed by atoms with Crippen LogP contribution < -0.4 is 5.32 Å². The number of hydrogen-bond acceptors (Lipinski definition) is 5. The van der Waals surface area contributed by atoms with Gasteiger partial charge in [-0.15, -0.1) is 11.3 Å². The Morgan fingerprint density at radius 2 is 1.89 bits per heavy atom. The van der Waals surface area contributed by atoms with Crippen LogP contribution in [0.4, 0.5) is 5.00 Å². The maximum Gasteiger partial charge on any atom is 0.229 e. The Morgan fingerprint density at radius 3 is 2.57 bits per heavy atom. The van der Waals surface area contributed by atoms with Crippen LogP contribution in [-0.4, -0.2) is 31.6 Å². The smallest absolute Gasteiger partial charge is 0.229 e. The third-order valence-electron chi connectivity index (χ3n) is 5.61. The minimum atomic E-state index is -3.14. The van der Waals surface area contributed by atoms with E-state index >= 15 is 0 Å². The van der Waals surface area contributed by atoms with Crippen LogP contribution in [0.15, 0.2) is 30.3 Å². The van der Waals surface area contributed by atoms with E-state index in [0.29, 0.717) is 28.5 Å². The van der Waals surface area contributed by atoms with E-state index < -0.39 is 15.8 Å². The van der Waals surface area contributed by atoms with Crippen molar-refractivity contribution in [3.8, 4) is 0 Å². The third kappa shape index (κ3) is 3.78. The summed E-state index contributed by atoms with van der Waals surface area (Å²) >= 11 is 1.47. The van der Waals surface area contributed by atoms with Gasteiger partial charge in [-0.3, -0.25) is 9.59 Å². The molecule has 148 valence electrons. The summed E-state index contributed by atoms with van der Waals surface area (Å²) in [6, 6.07) is 9.09. The maximum atomic E-state index is 13.2. The van der Waals surface area contributed by atoms with Crippen molar-refractivity contribution >= 4 is 37.9 Å². The van der Waals surface area contributed by atoms with Gasteiger partial charge in [0.15, 0.2) is 15.6 Å². The Balaban J connectivity index is 1.68. The number of hydrogen-bond donors (Lipinski definition) is 1. The average Bonchev–Trinajstić information content (AvgIpc) is 3.20. The van der Waals surface area contributed by atoms with Gasteiger partial charge >= 0.3 is 0 Å². The van der Waals surface area contributed by atoms with Gasteiger partial charge in [0.25, 0.3) is 0 Å². The highest BCUT2D eigenvalue weighted by molar-refractivity contribution is 7.91. The summed E-state index contributed by atoms with van der Waals surface area (Å²) in [6.45, 7) is 2.20. The molecule has 1 amide bonds. The summed E-state index contributed by atoms with van der Waals surface area (Å²) in [4.78, 5) is 27.1. The number of benzene rings is 1. The van der Waals surface area contributed by atoms with Crippen molar-refractivity contribution in [2.75, 3.05) is 16.8 Å². The number of sulfone groups is 1. The van der Waals surface area contributed by atoms with Crippen LogP contribution in [0.25, 0.3) is 0 Å². The van der Waals surface area contributed by atoms with Gasteiger partial charge in [0, 0.05) is 10.4 Å². The predicted molar refractivity (Wildman–Crippen MR) is 111 cm³/mol. The van der Waals surface area contributed by atoms with Crippen LogP contribution in [0.3, 0.4) is 0 Å². The molecular formula is C21H23NO4S2. The first-order chi connectivity index (χ1) is 13.3. The van der Waals surface area contributed by atoms with Crippen molar-refractivity contribution in [3.63, 3.8) is 0 Å². The fraction of sp³-hybridized carbons (Fsp3) is 0.429. The molecule has 1 fully saturated rings. The Labute approximate surface area is 169 Å². The molecular weight excluding hydrogens is 394 g/mol. The van der Waals surface area contributed by atoms with Gasteiger partial charge in [0.05, 0.1) is 23.0 Å². The minimum absolute atomic E-state index is 0.0549. The van der Waals surface area contributed by atoms with Crippen LogP contribution in [0.1, 0.15) is 46.1 Å². The Kier molecular flexibility index (Phi) is 5.14. The number of fused-ring (bicyclic) bond motifs is 1. The fourth-order valence-electron chi connectivity index (χ4n) is 4.03. The van der Waals surface area contributed by atoms with E-state index in [1.165, 1.54) is 11.3 Å². The molecule has 2 aliphatic rings. The zero-order valence-electron chi connectivity index (χ0n) is 15.7. The van der Waals surface area contributed by atoms with E-state index in [0.717, 1.165) is 29.7 Å². The van der Waals surface area contributed by atoms with Crippen LogP contribution in [0, 0.1) is 11.8 Å². The predicted octanol–water partition coefficient (Wildman–Crippen LogP) is 3.48. The van der Waals surface area contributed by atoms with Crippen LogP contribution in [0.5, 0.6) is 0 Å². The summed E-state index contributed by atoms with van der Waals surface area (Å²) in [5.41, 5.74) is 2.24. The molecule has 1 aliphatic carbocycles. The van der Waals surface area contributed by atoms with Crippen LogP contribution in [0.2, 0.25) is 0 Å². The van der Waals surface area contributed by atoms with Crippen LogP contribution in [-0.2, 0) is 27.5 Å². The molecule has 1 saturated heterocycles. The lowest BCUT2D eigenvalue weighted by Crippen LogP contribution is -2.24. The Bertz CT molecular complexity index is 1020. The molecule has 4 rings (SSSR count). The van der Waals surface area contributed by atoms with Crippen molar-refractivity contribution in [1.82, 2.24) is 0 Å². The molecule has 1 N–H and O–H groups in total. The van der Waals surface area contributed by atoms with E-state index in [4.69, 9.17) is 0 Å². The standard InChI is InChI=1S/C21H23NO4S2/c1-13-7-8-16-17(11-13)27-21(18(16)19(23)14-5-3-2-4-6-14)22-20(24)15-9-10-28(25,26)12-15/h2-6,13,15H,7-12H2,1H3,(H,22,24)/t13-,15-/m1/s1. The molecule has 5 nitrogen and oxygen atoms in total. The van der Waals surface area contributed by atoms with E-state index in [2.05, 4.69) is 12.2 Å². The minimum Gasteiger partial charge on any atom is -0.317 e. The number of carbonyl (C=O) groups is 2. The molecule has 1 aliphatic heterocycles. The summed E-state index contributed by atoms with van der Waals surface area (Å²) in [5, 5.41) is 3.48. The Morgan fingerprint density at radius 1 is 1.14 bits per heavy atom. The third-order valence-corrected chi connectivity index (χ3v) is 8.55. The quantitative estimate of drug-likeness (QED) is 0.773. The molecule has 28 heavy (non-hydrogen) atoms. The molecule has 0 spiro atoms. The second-order valence-electron chi connectivity index (χ2n) is 7.84. The normalized spacial score (nSPS) is 23.2.